The minimum atomic E-state index is -3.75. The summed E-state index contributed by atoms with van der Waals surface area (Å²) in [6.45, 7) is 3.31. The first-order valence-corrected chi connectivity index (χ1v) is 10.2. The van der Waals surface area contributed by atoms with Gasteiger partial charge >= 0.3 is 0 Å². The largest absolute Gasteiger partial charge is 0.395 e. The molecule has 2 heterocycles. The highest BCUT2D eigenvalue weighted by Crippen LogP contribution is 2.27. The van der Waals surface area contributed by atoms with Crippen LogP contribution in [0.25, 0.3) is 27.8 Å². The number of fused-ring (bicyclic) bond motifs is 3. The van der Waals surface area contributed by atoms with Gasteiger partial charge in [0.1, 0.15) is 0 Å². The Morgan fingerprint density at radius 2 is 1.82 bits per heavy atom. The molecule has 28 heavy (non-hydrogen) atoms. The maximum absolute atomic E-state index is 12.5. The van der Waals surface area contributed by atoms with Crippen LogP contribution in [0.5, 0.6) is 0 Å². The van der Waals surface area contributed by atoms with E-state index in [1.54, 1.807) is 29.6 Å². The quantitative estimate of drug-likeness (QED) is 0.532. The topological polar surface area (TPSA) is 109 Å². The van der Waals surface area contributed by atoms with Crippen LogP contribution in [-0.2, 0) is 10.0 Å². The van der Waals surface area contributed by atoms with Gasteiger partial charge in [-0.15, -0.1) is 10.2 Å². The fourth-order valence-corrected chi connectivity index (χ4v) is 4.50. The van der Waals surface area contributed by atoms with Crippen LogP contribution >= 0.6 is 0 Å². The van der Waals surface area contributed by atoms with Gasteiger partial charge in [-0.3, -0.25) is 0 Å². The summed E-state index contributed by atoms with van der Waals surface area (Å²) in [5.74, 6) is 0.461. The van der Waals surface area contributed by atoms with Crippen LogP contribution < -0.4 is 4.72 Å². The summed E-state index contributed by atoms with van der Waals surface area (Å²) in [4.78, 5) is 0.132. The predicted molar refractivity (Wildman–Crippen MR) is 105 cm³/mol. The fourth-order valence-electron chi connectivity index (χ4n) is 3.21. The van der Waals surface area contributed by atoms with E-state index in [0.29, 0.717) is 22.6 Å². The normalized spacial score (nSPS) is 12.1. The number of aryl methyl sites for hydroxylation is 2. The highest BCUT2D eigenvalue weighted by molar-refractivity contribution is 7.89. The molecule has 0 aliphatic carbocycles. The molecule has 4 aromatic rings. The van der Waals surface area contributed by atoms with E-state index in [1.165, 1.54) is 0 Å². The van der Waals surface area contributed by atoms with Crippen molar-refractivity contribution >= 4 is 26.4 Å². The lowest BCUT2D eigenvalue weighted by Crippen LogP contribution is -2.27. The van der Waals surface area contributed by atoms with Crippen LogP contribution in [0.15, 0.2) is 47.4 Å². The Hall–Kier alpha value is -2.88. The Morgan fingerprint density at radius 3 is 2.57 bits per heavy atom. The first kappa shape index (κ1) is 18.5. The summed E-state index contributed by atoms with van der Waals surface area (Å²) in [5.41, 5.74) is 2.62. The maximum atomic E-state index is 12.5. The molecule has 0 saturated heterocycles. The molecule has 2 N–H and O–H groups in total. The molecule has 4 rings (SSSR count). The van der Waals surface area contributed by atoms with Crippen molar-refractivity contribution < 1.29 is 13.5 Å². The van der Waals surface area contributed by atoms with Gasteiger partial charge in [-0.05, 0) is 25.5 Å². The van der Waals surface area contributed by atoms with Crippen LogP contribution in [0.4, 0.5) is 0 Å². The van der Waals surface area contributed by atoms with Crippen molar-refractivity contribution in [1.82, 2.24) is 24.5 Å². The Kier molecular flexibility index (Phi) is 4.58. The zero-order valence-corrected chi connectivity index (χ0v) is 16.2. The maximum Gasteiger partial charge on any atom is 0.240 e. The van der Waals surface area contributed by atoms with Crippen LogP contribution in [0.3, 0.4) is 0 Å². The molecule has 2 aromatic carbocycles. The summed E-state index contributed by atoms with van der Waals surface area (Å²) < 4.78 is 29.1. The number of aliphatic hydroxyl groups is 1. The average molecular weight is 397 g/mol. The van der Waals surface area contributed by atoms with E-state index >= 15 is 0 Å². The van der Waals surface area contributed by atoms with Gasteiger partial charge in [0, 0.05) is 22.9 Å². The number of aromatic nitrogens is 4. The third-order valence-electron chi connectivity index (χ3n) is 4.59. The monoisotopic (exact) mass is 397 g/mol. The second-order valence-electron chi connectivity index (χ2n) is 6.49. The smallest absolute Gasteiger partial charge is 0.240 e. The lowest BCUT2D eigenvalue weighted by Gasteiger charge is -2.10. The SMILES string of the molecule is Cc1ccc(-c2nnc3c4ccccc4c(C)nn23)cc1S(=O)(=O)NCCO. The van der Waals surface area contributed by atoms with Crippen molar-refractivity contribution in [3.63, 3.8) is 0 Å². The molecular formula is C19H19N5O3S. The van der Waals surface area contributed by atoms with Gasteiger partial charge in [-0.2, -0.15) is 9.61 Å². The zero-order chi connectivity index (χ0) is 19.9. The first-order valence-electron chi connectivity index (χ1n) is 8.74. The fraction of sp³-hybridized carbons (Fsp3) is 0.211. The molecule has 0 bridgehead atoms. The summed E-state index contributed by atoms with van der Waals surface area (Å²) in [6, 6.07) is 12.9. The number of rotatable bonds is 5. The van der Waals surface area contributed by atoms with Gasteiger partial charge in [0.05, 0.1) is 17.2 Å². The summed E-state index contributed by atoms with van der Waals surface area (Å²) in [5, 5.41) is 24.0. The average Bonchev–Trinajstić information content (AvgIpc) is 3.11. The second-order valence-corrected chi connectivity index (χ2v) is 8.23. The van der Waals surface area contributed by atoms with Crippen LogP contribution in [0, 0.1) is 13.8 Å². The highest BCUT2D eigenvalue weighted by Gasteiger charge is 2.20. The van der Waals surface area contributed by atoms with Crippen molar-refractivity contribution in [2.45, 2.75) is 18.7 Å². The predicted octanol–water partition coefficient (Wildman–Crippen LogP) is 1.83. The van der Waals surface area contributed by atoms with Gasteiger partial charge < -0.3 is 5.11 Å². The summed E-state index contributed by atoms with van der Waals surface area (Å²) >= 11 is 0. The third kappa shape index (κ3) is 3.03. The standard InChI is InChI=1S/C19H19N5O3S/c1-12-7-8-14(11-17(12)28(26,27)20-9-10-25)18-21-22-19-16-6-4-3-5-15(16)13(2)23-24(18)19/h3-8,11,20,25H,9-10H2,1-2H3. The molecule has 0 aliphatic heterocycles. The number of nitrogens with zero attached hydrogens (tertiary/aromatic N) is 4. The van der Waals surface area contributed by atoms with Crippen LogP contribution in [0.2, 0.25) is 0 Å². The van der Waals surface area contributed by atoms with Gasteiger partial charge in [-0.25, -0.2) is 13.1 Å². The molecule has 0 saturated carbocycles. The van der Waals surface area contributed by atoms with Crippen molar-refractivity contribution in [3.05, 3.63) is 53.7 Å². The van der Waals surface area contributed by atoms with E-state index in [4.69, 9.17) is 5.11 Å². The van der Waals surface area contributed by atoms with E-state index in [2.05, 4.69) is 20.0 Å². The minimum absolute atomic E-state index is 0.0490. The molecule has 0 aliphatic rings. The molecule has 0 atom stereocenters. The molecule has 8 nitrogen and oxygen atoms in total. The van der Waals surface area contributed by atoms with E-state index in [-0.39, 0.29) is 18.0 Å². The molecule has 0 spiro atoms. The zero-order valence-electron chi connectivity index (χ0n) is 15.4. The van der Waals surface area contributed by atoms with E-state index in [0.717, 1.165) is 16.5 Å². The molecule has 144 valence electrons. The van der Waals surface area contributed by atoms with Crippen molar-refractivity contribution in [1.29, 1.82) is 0 Å². The van der Waals surface area contributed by atoms with Gasteiger partial charge in [0.15, 0.2) is 11.5 Å². The van der Waals surface area contributed by atoms with Gasteiger partial charge in [0.25, 0.3) is 0 Å². The van der Waals surface area contributed by atoms with E-state index < -0.39 is 10.0 Å². The molecule has 2 aromatic heterocycles. The summed E-state index contributed by atoms with van der Waals surface area (Å²) in [7, 11) is -3.75. The third-order valence-corrected chi connectivity index (χ3v) is 6.19. The molecular weight excluding hydrogens is 378 g/mol. The molecule has 9 heteroatoms. The number of benzene rings is 2. The lowest BCUT2D eigenvalue weighted by atomic mass is 10.1. The minimum Gasteiger partial charge on any atom is -0.395 e. The number of sulfonamides is 1. The van der Waals surface area contributed by atoms with E-state index in [1.807, 2.05) is 31.2 Å². The lowest BCUT2D eigenvalue weighted by molar-refractivity contribution is 0.301. The number of hydrogen-bond donors (Lipinski definition) is 2. The molecule has 0 amide bonds. The van der Waals surface area contributed by atoms with Crippen molar-refractivity contribution in [3.8, 4) is 11.4 Å². The molecule has 0 unspecified atom stereocenters. The highest BCUT2D eigenvalue weighted by atomic mass is 32.2. The van der Waals surface area contributed by atoms with Crippen LogP contribution in [-0.4, -0.2) is 46.5 Å². The van der Waals surface area contributed by atoms with Crippen LogP contribution in [0.1, 0.15) is 11.3 Å². The number of aliphatic hydroxyl groups excluding tert-OH is 1. The Morgan fingerprint density at radius 1 is 1.07 bits per heavy atom. The van der Waals surface area contributed by atoms with Gasteiger partial charge in [-0.1, -0.05) is 36.4 Å². The Bertz CT molecular complexity index is 1300. The molecule has 0 fully saturated rings. The summed E-state index contributed by atoms with van der Waals surface area (Å²) in [6.07, 6.45) is 0. The number of nitrogens with one attached hydrogen (secondary N) is 1. The van der Waals surface area contributed by atoms with Gasteiger partial charge in [0.2, 0.25) is 10.0 Å². The van der Waals surface area contributed by atoms with Crippen molar-refractivity contribution in [2.75, 3.05) is 13.2 Å². The molecule has 0 radical (unpaired) electrons. The second kappa shape index (κ2) is 6.93. The Labute approximate surface area is 161 Å². The van der Waals surface area contributed by atoms with Crippen molar-refractivity contribution in [2.24, 2.45) is 0 Å². The Balaban J connectivity index is 1.91. The van der Waals surface area contributed by atoms with E-state index in [9.17, 15) is 8.42 Å². The number of hydrogen-bond acceptors (Lipinski definition) is 6. The first-order chi connectivity index (χ1) is 13.4.